The summed E-state index contributed by atoms with van der Waals surface area (Å²) in [5.74, 6) is 0. The van der Waals surface area contributed by atoms with Crippen molar-refractivity contribution in [2.75, 3.05) is 0 Å². The highest BCUT2D eigenvalue weighted by molar-refractivity contribution is 7.26. The minimum atomic E-state index is 1.01. The van der Waals surface area contributed by atoms with Crippen LogP contribution in [0.25, 0.3) is 112 Å². The molecule has 0 saturated heterocycles. The van der Waals surface area contributed by atoms with E-state index in [-0.39, 0.29) is 0 Å². The molecule has 0 aliphatic heterocycles. The van der Waals surface area contributed by atoms with Gasteiger partial charge in [-0.1, -0.05) is 115 Å². The van der Waals surface area contributed by atoms with E-state index in [1.54, 1.807) is 0 Å². The van der Waals surface area contributed by atoms with Crippen LogP contribution >= 0.6 is 22.7 Å². The molecule has 0 aliphatic carbocycles. The number of para-hydroxylation sites is 1. The van der Waals surface area contributed by atoms with E-state index >= 15 is 0 Å². The Morgan fingerprint density at radius 3 is 1.80 bits per heavy atom. The molecule has 4 aromatic heterocycles. The van der Waals surface area contributed by atoms with E-state index in [0.29, 0.717) is 0 Å². The molecule has 4 heteroatoms. The fourth-order valence-corrected chi connectivity index (χ4v) is 11.0. The summed E-state index contributed by atoms with van der Waals surface area (Å²) in [4.78, 5) is 6.75. The summed E-state index contributed by atoms with van der Waals surface area (Å²) >= 11 is 3.77. The Labute approximate surface area is 300 Å². The highest BCUT2D eigenvalue weighted by Crippen LogP contribution is 2.47. The van der Waals surface area contributed by atoms with Crippen molar-refractivity contribution in [3.05, 3.63) is 158 Å². The third-order valence-corrected chi connectivity index (χ3v) is 13.0. The molecule has 0 saturated carbocycles. The van der Waals surface area contributed by atoms with Gasteiger partial charge >= 0.3 is 0 Å². The molecule has 8 aromatic carbocycles. The summed E-state index contributed by atoms with van der Waals surface area (Å²) in [6.07, 6.45) is 0. The standard InChI is InChI=1S/C47H26N2S2/c1-3-17-32-29(14-1)30-15-2-4-18-33(30)45-43(32)34-19-5-8-21-38(34)48-46(45)27-12-11-13-28(24-27)49-39-25-36-31-16-6-9-22-40(31)50-42(36)26-37(39)44-35-20-7-10-23-41(35)51-47(44)49/h1-26H. The Morgan fingerprint density at radius 1 is 0.392 bits per heavy atom. The van der Waals surface area contributed by atoms with E-state index in [9.17, 15) is 0 Å². The normalized spacial score (nSPS) is 12.3. The van der Waals surface area contributed by atoms with Crippen LogP contribution in [-0.2, 0) is 0 Å². The second kappa shape index (κ2) is 10.2. The molecule has 0 radical (unpaired) electrons. The molecule has 12 aromatic rings. The number of pyridine rings is 1. The Balaban J connectivity index is 1.21. The number of hydrogen-bond acceptors (Lipinski definition) is 3. The van der Waals surface area contributed by atoms with Crippen molar-refractivity contribution in [1.82, 2.24) is 9.55 Å². The van der Waals surface area contributed by atoms with Crippen molar-refractivity contribution in [3.63, 3.8) is 0 Å². The van der Waals surface area contributed by atoms with Crippen molar-refractivity contribution in [2.45, 2.75) is 0 Å². The SMILES string of the molecule is c1cc(-c2nc3ccccc3c3c4ccccc4c4ccccc4c23)cc(-n2c3cc4c(cc3c3c5ccccc5sc32)sc2ccccc24)c1. The maximum atomic E-state index is 5.48. The van der Waals surface area contributed by atoms with Gasteiger partial charge in [0, 0.05) is 68.4 Å². The molecular formula is C47H26N2S2. The number of nitrogens with zero attached hydrogens (tertiary/aromatic N) is 2. The van der Waals surface area contributed by atoms with Crippen molar-refractivity contribution in [2.24, 2.45) is 0 Å². The highest BCUT2D eigenvalue weighted by Gasteiger charge is 2.22. The van der Waals surface area contributed by atoms with Gasteiger partial charge in [0.15, 0.2) is 0 Å². The largest absolute Gasteiger partial charge is 0.301 e. The van der Waals surface area contributed by atoms with Crippen molar-refractivity contribution in [3.8, 4) is 16.9 Å². The topological polar surface area (TPSA) is 17.8 Å². The van der Waals surface area contributed by atoms with E-state index in [2.05, 4.69) is 162 Å². The van der Waals surface area contributed by atoms with Crippen LogP contribution in [0.5, 0.6) is 0 Å². The highest BCUT2D eigenvalue weighted by atomic mass is 32.1. The van der Waals surface area contributed by atoms with Crippen molar-refractivity contribution >= 4 is 117 Å². The first-order valence-corrected chi connectivity index (χ1v) is 18.9. The van der Waals surface area contributed by atoms with Gasteiger partial charge in [0.05, 0.1) is 16.7 Å². The zero-order valence-corrected chi connectivity index (χ0v) is 28.9. The third-order valence-electron chi connectivity index (χ3n) is 10.7. The van der Waals surface area contributed by atoms with Gasteiger partial charge in [-0.05, 0) is 64.0 Å². The molecule has 0 amide bonds. The summed E-state index contributed by atoms with van der Waals surface area (Å²) in [5.41, 5.74) is 5.52. The molecule has 12 rings (SSSR count). The smallest absolute Gasteiger partial charge is 0.109 e. The van der Waals surface area contributed by atoms with E-state index in [1.807, 2.05) is 22.7 Å². The maximum absolute atomic E-state index is 5.48. The second-order valence-corrected chi connectivity index (χ2v) is 15.6. The number of benzene rings is 8. The van der Waals surface area contributed by atoms with Crippen molar-refractivity contribution < 1.29 is 0 Å². The van der Waals surface area contributed by atoms with E-state index in [1.165, 1.54) is 89.1 Å². The maximum Gasteiger partial charge on any atom is 0.109 e. The Kier molecular flexibility index (Phi) is 5.56. The predicted octanol–water partition coefficient (Wildman–Crippen LogP) is 14.0. The number of hydrogen-bond donors (Lipinski definition) is 0. The van der Waals surface area contributed by atoms with E-state index in [4.69, 9.17) is 4.98 Å². The minimum Gasteiger partial charge on any atom is -0.301 e. The summed E-state index contributed by atoms with van der Waals surface area (Å²) < 4.78 is 6.47. The van der Waals surface area contributed by atoms with Gasteiger partial charge in [-0.15, -0.1) is 22.7 Å². The van der Waals surface area contributed by atoms with E-state index < -0.39 is 0 Å². The Hall–Kier alpha value is -6.07. The lowest BCUT2D eigenvalue weighted by Crippen LogP contribution is -1.96. The van der Waals surface area contributed by atoms with Crippen LogP contribution in [0.3, 0.4) is 0 Å². The fraction of sp³-hybridized carbons (Fsp3) is 0. The monoisotopic (exact) mass is 682 g/mol. The van der Waals surface area contributed by atoms with Crippen LogP contribution in [0.2, 0.25) is 0 Å². The second-order valence-electron chi connectivity index (χ2n) is 13.4. The first-order valence-electron chi connectivity index (χ1n) is 17.3. The van der Waals surface area contributed by atoms with Gasteiger partial charge < -0.3 is 4.57 Å². The molecule has 0 unspecified atom stereocenters. The zero-order valence-electron chi connectivity index (χ0n) is 27.2. The average Bonchev–Trinajstić information content (AvgIpc) is 3.85. The summed E-state index contributed by atoms with van der Waals surface area (Å²) in [5, 5.41) is 15.3. The van der Waals surface area contributed by atoms with Gasteiger partial charge in [-0.3, -0.25) is 0 Å². The minimum absolute atomic E-state index is 1.01. The molecule has 0 bridgehead atoms. The predicted molar refractivity (Wildman–Crippen MR) is 222 cm³/mol. The van der Waals surface area contributed by atoms with Gasteiger partial charge in [0.25, 0.3) is 0 Å². The van der Waals surface area contributed by atoms with Gasteiger partial charge in [0.1, 0.15) is 4.83 Å². The average molecular weight is 683 g/mol. The molecule has 0 aliphatic rings. The molecule has 2 nitrogen and oxygen atoms in total. The molecule has 0 fully saturated rings. The Morgan fingerprint density at radius 2 is 1.02 bits per heavy atom. The van der Waals surface area contributed by atoms with E-state index in [0.717, 1.165) is 22.5 Å². The van der Waals surface area contributed by atoms with Crippen LogP contribution in [0.1, 0.15) is 0 Å². The summed E-state index contributed by atoms with van der Waals surface area (Å²) in [6, 6.07) is 57.9. The van der Waals surface area contributed by atoms with Crippen molar-refractivity contribution in [1.29, 1.82) is 0 Å². The van der Waals surface area contributed by atoms with Crippen LogP contribution in [0.4, 0.5) is 0 Å². The molecule has 236 valence electrons. The first kappa shape index (κ1) is 27.7. The lowest BCUT2D eigenvalue weighted by molar-refractivity contribution is 1.20. The number of rotatable bonds is 2. The van der Waals surface area contributed by atoms with Crippen LogP contribution in [0.15, 0.2) is 158 Å². The number of aromatic nitrogens is 2. The number of thiophene rings is 2. The summed E-state index contributed by atoms with van der Waals surface area (Å²) in [6.45, 7) is 0. The van der Waals surface area contributed by atoms with Crippen LogP contribution in [0, 0.1) is 0 Å². The van der Waals surface area contributed by atoms with Crippen LogP contribution < -0.4 is 0 Å². The first-order chi connectivity index (χ1) is 25.3. The Bertz CT molecular complexity index is 3430. The quantitative estimate of drug-likeness (QED) is 0.166. The van der Waals surface area contributed by atoms with Gasteiger partial charge in [-0.25, -0.2) is 4.98 Å². The molecular weight excluding hydrogens is 657 g/mol. The molecule has 4 heterocycles. The van der Waals surface area contributed by atoms with Gasteiger partial charge in [-0.2, -0.15) is 0 Å². The third kappa shape index (κ3) is 3.78. The number of fused-ring (bicyclic) bond motifs is 16. The van der Waals surface area contributed by atoms with Crippen LogP contribution in [-0.4, -0.2) is 9.55 Å². The molecule has 0 spiro atoms. The fourth-order valence-electron chi connectivity index (χ4n) is 8.59. The van der Waals surface area contributed by atoms with Gasteiger partial charge in [0.2, 0.25) is 0 Å². The lowest BCUT2D eigenvalue weighted by atomic mass is 9.90. The molecule has 0 atom stereocenters. The summed E-state index contributed by atoms with van der Waals surface area (Å²) in [7, 11) is 0. The molecule has 0 N–H and O–H groups in total. The molecule has 51 heavy (non-hydrogen) atoms. The zero-order chi connectivity index (χ0) is 33.2. The lowest BCUT2D eigenvalue weighted by Gasteiger charge is -2.17.